The summed E-state index contributed by atoms with van der Waals surface area (Å²) in [5.41, 5.74) is -0.157. The number of pyridine rings is 1. The normalized spacial score (nSPS) is 10.4. The van der Waals surface area contributed by atoms with Crippen molar-refractivity contribution in [1.29, 1.82) is 0 Å². The summed E-state index contributed by atoms with van der Waals surface area (Å²) in [5, 5.41) is 14.4. The van der Waals surface area contributed by atoms with Gasteiger partial charge in [-0.1, -0.05) is 13.3 Å². The van der Waals surface area contributed by atoms with E-state index in [1.54, 1.807) is 30.3 Å². The number of nitrogens with zero attached hydrogens (tertiary/aromatic N) is 5. The molecule has 1 N–H and O–H groups in total. The van der Waals surface area contributed by atoms with Crippen LogP contribution in [-0.4, -0.2) is 33.5 Å². The summed E-state index contributed by atoms with van der Waals surface area (Å²) in [7, 11) is 1.78. The lowest BCUT2D eigenvalue weighted by Gasteiger charge is -2.18. The maximum absolute atomic E-state index is 11.5. The van der Waals surface area contributed by atoms with Gasteiger partial charge in [-0.3, -0.25) is 10.1 Å². The first kappa shape index (κ1) is 17.1. The predicted molar refractivity (Wildman–Crippen MR) is 92.1 cm³/mol. The Balaban J connectivity index is 2.35. The van der Waals surface area contributed by atoms with E-state index in [2.05, 4.69) is 43.1 Å². The van der Waals surface area contributed by atoms with Crippen LogP contribution in [0.4, 0.5) is 23.1 Å². The number of nitrogens with one attached hydrogen (secondary N) is 1. The van der Waals surface area contributed by atoms with Crippen molar-refractivity contribution in [2.45, 2.75) is 19.8 Å². The van der Waals surface area contributed by atoms with Crippen molar-refractivity contribution >= 4 is 39.1 Å². The van der Waals surface area contributed by atoms with Crippen LogP contribution >= 0.6 is 15.9 Å². The van der Waals surface area contributed by atoms with Crippen LogP contribution in [0.3, 0.4) is 0 Å². The highest BCUT2D eigenvalue weighted by Gasteiger charge is 2.25. The summed E-state index contributed by atoms with van der Waals surface area (Å²) < 4.78 is 0.820. The fourth-order valence-corrected chi connectivity index (χ4v) is 2.22. The van der Waals surface area contributed by atoms with Crippen molar-refractivity contribution in [1.82, 2.24) is 15.0 Å². The average molecular weight is 381 g/mol. The van der Waals surface area contributed by atoms with Crippen LogP contribution in [0.1, 0.15) is 19.8 Å². The van der Waals surface area contributed by atoms with Crippen molar-refractivity contribution in [2.75, 3.05) is 23.8 Å². The Morgan fingerprint density at radius 3 is 2.74 bits per heavy atom. The molecule has 0 aromatic carbocycles. The maximum atomic E-state index is 11.5. The lowest BCUT2D eigenvalue weighted by Crippen LogP contribution is -2.21. The second-order valence-electron chi connectivity index (χ2n) is 4.91. The van der Waals surface area contributed by atoms with E-state index in [9.17, 15) is 10.1 Å². The largest absolute Gasteiger partial charge is 0.354 e. The van der Waals surface area contributed by atoms with E-state index in [0.29, 0.717) is 12.4 Å². The molecular formula is C14H17BrN6O2. The van der Waals surface area contributed by atoms with Gasteiger partial charge in [0.05, 0.1) is 4.92 Å². The molecule has 0 aliphatic heterocycles. The summed E-state index contributed by atoms with van der Waals surface area (Å²) in [5.74, 6) is 0.883. The summed E-state index contributed by atoms with van der Waals surface area (Å²) >= 11 is 3.29. The number of rotatable bonds is 7. The molecule has 2 heterocycles. The third-order valence-corrected chi connectivity index (χ3v) is 3.64. The summed E-state index contributed by atoms with van der Waals surface area (Å²) in [4.78, 5) is 25.0. The van der Waals surface area contributed by atoms with Gasteiger partial charge in [-0.15, -0.1) is 0 Å². The summed E-state index contributed by atoms with van der Waals surface area (Å²) in [6, 6.07) is 3.49. The molecule has 2 aromatic rings. The van der Waals surface area contributed by atoms with Crippen LogP contribution in [0.2, 0.25) is 0 Å². The molecule has 0 fully saturated rings. The Labute approximate surface area is 142 Å². The van der Waals surface area contributed by atoms with Crippen LogP contribution in [0.15, 0.2) is 29.1 Å². The van der Waals surface area contributed by atoms with E-state index in [0.717, 1.165) is 17.3 Å². The number of aromatic nitrogens is 3. The monoisotopic (exact) mass is 380 g/mol. The molecule has 0 radical (unpaired) electrons. The SMILES string of the molecule is CCCCN(C)c1ncnc(Nc2ccc(Br)cn2)c1[N+](=O)[O-]. The van der Waals surface area contributed by atoms with Crippen molar-refractivity contribution in [3.8, 4) is 0 Å². The van der Waals surface area contributed by atoms with Crippen LogP contribution in [0.25, 0.3) is 0 Å². The van der Waals surface area contributed by atoms with Gasteiger partial charge in [0.2, 0.25) is 11.6 Å². The van der Waals surface area contributed by atoms with E-state index < -0.39 is 4.92 Å². The van der Waals surface area contributed by atoms with Gasteiger partial charge in [-0.25, -0.2) is 15.0 Å². The number of halogens is 1. The molecule has 122 valence electrons. The minimum absolute atomic E-state index is 0.123. The first-order valence-corrected chi connectivity index (χ1v) is 7.91. The number of nitro groups is 1. The highest BCUT2D eigenvalue weighted by Crippen LogP contribution is 2.32. The number of hydrogen-bond donors (Lipinski definition) is 1. The quantitative estimate of drug-likeness (QED) is 0.579. The molecule has 9 heteroatoms. The van der Waals surface area contributed by atoms with E-state index in [1.807, 2.05) is 0 Å². The van der Waals surface area contributed by atoms with E-state index >= 15 is 0 Å². The fourth-order valence-electron chi connectivity index (χ4n) is 1.98. The third kappa shape index (κ3) is 4.35. The molecule has 0 aliphatic carbocycles. The van der Waals surface area contributed by atoms with Crippen LogP contribution in [0.5, 0.6) is 0 Å². The molecule has 0 saturated heterocycles. The zero-order chi connectivity index (χ0) is 16.8. The van der Waals surface area contributed by atoms with Crippen molar-refractivity contribution < 1.29 is 4.92 Å². The minimum Gasteiger partial charge on any atom is -0.354 e. The molecule has 8 nitrogen and oxygen atoms in total. The van der Waals surface area contributed by atoms with Crippen molar-refractivity contribution in [3.05, 3.63) is 39.2 Å². The first-order valence-electron chi connectivity index (χ1n) is 7.12. The molecule has 0 bridgehead atoms. The predicted octanol–water partition coefficient (Wildman–Crippen LogP) is 3.52. The zero-order valence-corrected chi connectivity index (χ0v) is 14.4. The molecule has 23 heavy (non-hydrogen) atoms. The molecule has 0 amide bonds. The van der Waals surface area contributed by atoms with E-state index in [-0.39, 0.29) is 17.3 Å². The lowest BCUT2D eigenvalue weighted by atomic mass is 10.3. The fraction of sp³-hybridized carbons (Fsp3) is 0.357. The Morgan fingerprint density at radius 1 is 1.35 bits per heavy atom. The minimum atomic E-state index is -0.473. The van der Waals surface area contributed by atoms with Gasteiger partial charge in [-0.05, 0) is 34.5 Å². The third-order valence-electron chi connectivity index (χ3n) is 3.17. The summed E-state index contributed by atoms with van der Waals surface area (Å²) in [6.07, 6.45) is 4.83. The van der Waals surface area contributed by atoms with Gasteiger partial charge >= 0.3 is 5.69 Å². The first-order chi connectivity index (χ1) is 11.0. The van der Waals surface area contributed by atoms with E-state index in [1.165, 1.54) is 6.33 Å². The molecule has 2 rings (SSSR count). The highest BCUT2D eigenvalue weighted by molar-refractivity contribution is 9.10. The Bertz CT molecular complexity index is 679. The molecule has 0 aliphatic rings. The Hall–Kier alpha value is -2.29. The van der Waals surface area contributed by atoms with Gasteiger partial charge in [0.15, 0.2) is 0 Å². The van der Waals surface area contributed by atoms with Crippen molar-refractivity contribution in [2.24, 2.45) is 0 Å². The van der Waals surface area contributed by atoms with Gasteiger partial charge < -0.3 is 10.2 Å². The van der Waals surface area contributed by atoms with Gasteiger partial charge in [0.1, 0.15) is 12.1 Å². The molecule has 0 spiro atoms. The number of hydrogen-bond acceptors (Lipinski definition) is 7. The van der Waals surface area contributed by atoms with Crippen LogP contribution in [-0.2, 0) is 0 Å². The molecule has 0 saturated carbocycles. The van der Waals surface area contributed by atoms with Crippen LogP contribution < -0.4 is 10.2 Å². The van der Waals surface area contributed by atoms with Crippen molar-refractivity contribution in [3.63, 3.8) is 0 Å². The summed E-state index contributed by atoms with van der Waals surface area (Å²) in [6.45, 7) is 2.75. The average Bonchev–Trinajstić information content (AvgIpc) is 2.54. The van der Waals surface area contributed by atoms with Gasteiger partial charge in [0, 0.05) is 24.3 Å². The Kier molecular flexibility index (Phi) is 5.80. The second kappa shape index (κ2) is 7.82. The Morgan fingerprint density at radius 2 is 2.13 bits per heavy atom. The molecule has 0 unspecified atom stereocenters. The number of unbranched alkanes of at least 4 members (excludes halogenated alkanes) is 1. The highest BCUT2D eigenvalue weighted by atomic mass is 79.9. The topological polar surface area (TPSA) is 97.1 Å². The second-order valence-corrected chi connectivity index (χ2v) is 5.83. The molecule has 0 atom stereocenters. The standard InChI is InChI=1S/C14H17BrN6O2/c1-3-4-7-20(2)14-12(21(22)23)13(17-9-18-14)19-11-6-5-10(15)8-16-11/h5-6,8-9H,3-4,7H2,1-2H3,(H,16,17,18,19). The van der Waals surface area contributed by atoms with E-state index in [4.69, 9.17) is 0 Å². The van der Waals surface area contributed by atoms with Crippen LogP contribution in [0, 0.1) is 10.1 Å². The van der Waals surface area contributed by atoms with Gasteiger partial charge in [0.25, 0.3) is 0 Å². The molecular weight excluding hydrogens is 364 g/mol. The maximum Gasteiger partial charge on any atom is 0.353 e. The smallest absolute Gasteiger partial charge is 0.353 e. The number of anilines is 3. The zero-order valence-electron chi connectivity index (χ0n) is 12.9. The van der Waals surface area contributed by atoms with Gasteiger partial charge in [-0.2, -0.15) is 0 Å². The molecule has 2 aromatic heterocycles. The lowest BCUT2D eigenvalue weighted by molar-refractivity contribution is -0.383.